The molecular formula is C17H16FN5O5S. The van der Waals surface area contributed by atoms with Gasteiger partial charge in [-0.05, 0) is 31.2 Å². The molecule has 0 saturated carbocycles. The van der Waals surface area contributed by atoms with E-state index in [1.165, 1.54) is 24.8 Å². The van der Waals surface area contributed by atoms with Crippen LogP contribution in [0.3, 0.4) is 0 Å². The van der Waals surface area contributed by atoms with Gasteiger partial charge in [-0.2, -0.15) is 8.42 Å². The van der Waals surface area contributed by atoms with E-state index in [0.29, 0.717) is 17.6 Å². The Kier molecular flexibility index (Phi) is 4.67. The first kappa shape index (κ1) is 19.2. The van der Waals surface area contributed by atoms with Crippen molar-refractivity contribution in [1.29, 1.82) is 0 Å². The second-order valence-corrected chi connectivity index (χ2v) is 7.87. The molecule has 4 rings (SSSR count). The second-order valence-electron chi connectivity index (χ2n) is 6.52. The molecule has 29 heavy (non-hydrogen) atoms. The third-order valence-electron chi connectivity index (χ3n) is 4.66. The lowest BCUT2D eigenvalue weighted by Crippen LogP contribution is -2.24. The fourth-order valence-electron chi connectivity index (χ4n) is 3.14. The Balaban J connectivity index is 1.49. The molecule has 10 nitrogen and oxygen atoms in total. The van der Waals surface area contributed by atoms with Gasteiger partial charge in [-0.3, -0.25) is 4.57 Å². The van der Waals surface area contributed by atoms with E-state index in [2.05, 4.69) is 15.0 Å². The highest BCUT2D eigenvalue weighted by Gasteiger charge is 2.37. The van der Waals surface area contributed by atoms with Gasteiger partial charge in [0.2, 0.25) is 0 Å². The molecule has 152 valence electrons. The van der Waals surface area contributed by atoms with Gasteiger partial charge in [-0.25, -0.2) is 19.7 Å². The molecule has 0 spiro atoms. The van der Waals surface area contributed by atoms with E-state index in [9.17, 15) is 17.1 Å². The molecule has 0 aliphatic carbocycles. The van der Waals surface area contributed by atoms with Crippen molar-refractivity contribution < 1.29 is 26.6 Å². The van der Waals surface area contributed by atoms with Crippen molar-refractivity contribution in [3.8, 4) is 0 Å². The molecule has 1 fully saturated rings. The summed E-state index contributed by atoms with van der Waals surface area (Å²) in [4.78, 5) is 24.1. The molecule has 1 aliphatic heterocycles. The molecule has 1 aliphatic rings. The number of aromatic nitrogens is 4. The van der Waals surface area contributed by atoms with Crippen molar-refractivity contribution in [1.82, 2.24) is 19.5 Å². The van der Waals surface area contributed by atoms with Crippen LogP contribution < -0.4 is 5.73 Å². The van der Waals surface area contributed by atoms with Crippen molar-refractivity contribution in [3.63, 3.8) is 0 Å². The molecule has 1 aromatic carbocycles. The number of fused-ring (bicyclic) bond motifs is 1. The lowest BCUT2D eigenvalue weighted by Gasteiger charge is -2.14. The number of benzene rings is 1. The summed E-state index contributed by atoms with van der Waals surface area (Å²) in [7, 11) is -4.83. The fraction of sp³-hybridized carbons (Fsp3) is 0.294. The normalized spacial score (nSPS) is 22.1. The molecule has 12 heteroatoms. The molecule has 3 atom stereocenters. The van der Waals surface area contributed by atoms with Crippen molar-refractivity contribution >= 4 is 33.2 Å². The minimum atomic E-state index is -4.83. The Labute approximate surface area is 164 Å². The maximum absolute atomic E-state index is 13.0. The van der Waals surface area contributed by atoms with Crippen LogP contribution in [0.1, 0.15) is 29.9 Å². The summed E-state index contributed by atoms with van der Waals surface area (Å²) < 4.78 is 47.8. The van der Waals surface area contributed by atoms with Gasteiger partial charge >= 0.3 is 16.2 Å². The first-order chi connectivity index (χ1) is 13.7. The summed E-state index contributed by atoms with van der Waals surface area (Å²) >= 11 is 0. The number of anilines is 1. The number of carbonyl (C=O) groups excluding carboxylic acids is 1. The number of hydrogen-bond donors (Lipinski definition) is 1. The number of esters is 1. The van der Waals surface area contributed by atoms with E-state index in [1.54, 1.807) is 11.5 Å². The van der Waals surface area contributed by atoms with E-state index < -0.39 is 39.5 Å². The minimum absolute atomic E-state index is 0.0987. The Morgan fingerprint density at radius 3 is 2.69 bits per heavy atom. The van der Waals surface area contributed by atoms with Crippen LogP contribution in [0, 0.1) is 0 Å². The van der Waals surface area contributed by atoms with Gasteiger partial charge in [-0.1, -0.05) is 0 Å². The van der Waals surface area contributed by atoms with Crippen LogP contribution in [0.25, 0.3) is 11.2 Å². The number of ether oxygens (including phenoxy) is 2. The van der Waals surface area contributed by atoms with Gasteiger partial charge in [0.25, 0.3) is 0 Å². The summed E-state index contributed by atoms with van der Waals surface area (Å²) in [5, 5.41) is 0. The molecule has 3 aromatic rings. The molecular weight excluding hydrogens is 405 g/mol. The molecule has 0 amide bonds. The first-order valence-electron chi connectivity index (χ1n) is 8.58. The van der Waals surface area contributed by atoms with Crippen LogP contribution in [-0.4, -0.2) is 46.1 Å². The summed E-state index contributed by atoms with van der Waals surface area (Å²) in [5.74, 6) is -0.419. The Hall–Kier alpha value is -3.12. The van der Waals surface area contributed by atoms with Crippen LogP contribution in [-0.2, 0) is 19.7 Å². The average molecular weight is 421 g/mol. The highest BCUT2D eigenvalue weighted by molar-refractivity contribution is 7.86. The lowest BCUT2D eigenvalue weighted by atomic mass is 10.2. The molecule has 1 saturated heterocycles. The lowest BCUT2D eigenvalue weighted by molar-refractivity contribution is -0.0184. The van der Waals surface area contributed by atoms with Crippen LogP contribution in [0.15, 0.2) is 41.8 Å². The topological polar surface area (TPSA) is 139 Å². The number of rotatable bonds is 4. The predicted molar refractivity (Wildman–Crippen MR) is 97.9 cm³/mol. The highest BCUT2D eigenvalue weighted by atomic mass is 32.3. The van der Waals surface area contributed by atoms with E-state index in [1.807, 2.05) is 0 Å². The Bertz CT molecular complexity index is 1180. The number of nitrogens with zero attached hydrogens (tertiary/aromatic N) is 4. The van der Waals surface area contributed by atoms with Gasteiger partial charge in [-0.15, -0.1) is 3.89 Å². The maximum Gasteiger partial charge on any atom is 0.338 e. The van der Waals surface area contributed by atoms with E-state index in [0.717, 1.165) is 12.1 Å². The van der Waals surface area contributed by atoms with Gasteiger partial charge in [0, 0.05) is 6.42 Å². The van der Waals surface area contributed by atoms with Gasteiger partial charge in [0.1, 0.15) is 24.2 Å². The number of imidazole rings is 1. The highest BCUT2D eigenvalue weighted by Crippen LogP contribution is 2.33. The zero-order valence-electron chi connectivity index (χ0n) is 15.1. The first-order valence-corrected chi connectivity index (χ1v) is 9.96. The zero-order valence-corrected chi connectivity index (χ0v) is 15.9. The molecule has 2 aromatic heterocycles. The summed E-state index contributed by atoms with van der Waals surface area (Å²) in [6.07, 6.45) is 1.76. The number of nitrogens with two attached hydrogens (primary N) is 1. The van der Waals surface area contributed by atoms with E-state index >= 15 is 0 Å². The number of hydrogen-bond acceptors (Lipinski definition) is 9. The Morgan fingerprint density at radius 2 is 2.00 bits per heavy atom. The molecule has 0 unspecified atom stereocenters. The summed E-state index contributed by atoms with van der Waals surface area (Å²) in [6.45, 7) is 1.76. The van der Waals surface area contributed by atoms with Crippen molar-refractivity contribution in [2.24, 2.45) is 0 Å². The molecule has 0 radical (unpaired) electrons. The number of carbonyl (C=O) groups is 1. The van der Waals surface area contributed by atoms with E-state index in [4.69, 9.17) is 15.2 Å². The van der Waals surface area contributed by atoms with Crippen LogP contribution in [0.2, 0.25) is 0 Å². The zero-order chi connectivity index (χ0) is 20.8. The second kappa shape index (κ2) is 7.04. The standard InChI is InChI=1S/C17H16FN5O5S/c1-9-12(28-17(24)10-2-4-11(5-3-10)29(18,25)26)6-13(27-9)23-8-22-14-15(19)20-7-21-16(14)23/h2-5,7-9,12-13H,6H2,1H3,(H2,19,20,21)/t9-,12+,13-/m1/s1. The maximum atomic E-state index is 13.0. The predicted octanol–water partition coefficient (Wildman–Crippen LogP) is 1.60. The van der Waals surface area contributed by atoms with Crippen LogP contribution in [0.5, 0.6) is 0 Å². The quantitative estimate of drug-likeness (QED) is 0.491. The van der Waals surface area contributed by atoms with Crippen molar-refractivity contribution in [3.05, 3.63) is 42.5 Å². The monoisotopic (exact) mass is 421 g/mol. The fourth-order valence-corrected chi connectivity index (χ4v) is 3.61. The summed E-state index contributed by atoms with van der Waals surface area (Å²) in [5.41, 5.74) is 6.85. The van der Waals surface area contributed by atoms with Crippen molar-refractivity contribution in [2.75, 3.05) is 5.73 Å². The summed E-state index contributed by atoms with van der Waals surface area (Å²) in [6, 6.07) is 4.39. The van der Waals surface area contributed by atoms with E-state index in [-0.39, 0.29) is 11.4 Å². The molecule has 3 heterocycles. The third-order valence-corrected chi connectivity index (χ3v) is 5.49. The molecule has 2 N–H and O–H groups in total. The largest absolute Gasteiger partial charge is 0.456 e. The number of halogens is 1. The molecule has 0 bridgehead atoms. The van der Waals surface area contributed by atoms with Gasteiger partial charge < -0.3 is 15.2 Å². The Morgan fingerprint density at radius 1 is 1.28 bits per heavy atom. The van der Waals surface area contributed by atoms with Gasteiger partial charge in [0.05, 0.1) is 22.9 Å². The van der Waals surface area contributed by atoms with Crippen LogP contribution in [0.4, 0.5) is 9.70 Å². The number of nitrogen functional groups attached to an aromatic ring is 1. The smallest absolute Gasteiger partial charge is 0.338 e. The minimum Gasteiger partial charge on any atom is -0.456 e. The van der Waals surface area contributed by atoms with Crippen molar-refractivity contribution in [2.45, 2.75) is 36.7 Å². The third kappa shape index (κ3) is 3.63. The van der Waals surface area contributed by atoms with Gasteiger partial charge in [0.15, 0.2) is 11.5 Å². The SMILES string of the molecule is C[C@H]1O[C@@H](n2cnc3c(N)ncnc32)C[C@@H]1OC(=O)c1ccc(S(=O)(=O)F)cc1. The van der Waals surface area contributed by atoms with Crippen LogP contribution >= 0.6 is 0 Å². The average Bonchev–Trinajstić information content (AvgIpc) is 3.26.